The Bertz CT molecular complexity index is 1430. The summed E-state index contributed by atoms with van der Waals surface area (Å²) < 4.78 is 22.2. The molecule has 1 aromatic carbocycles. The van der Waals surface area contributed by atoms with Crippen molar-refractivity contribution < 1.29 is 13.6 Å². The number of carbonyl (C=O) groups excluding carboxylic acids is 1. The summed E-state index contributed by atoms with van der Waals surface area (Å²) >= 11 is 5.87. The Morgan fingerprint density at radius 1 is 1.34 bits per heavy atom. The van der Waals surface area contributed by atoms with E-state index in [1.54, 1.807) is 44.0 Å². The van der Waals surface area contributed by atoms with Gasteiger partial charge in [-0.1, -0.05) is 11.6 Å². The van der Waals surface area contributed by atoms with Crippen LogP contribution >= 0.6 is 11.6 Å². The van der Waals surface area contributed by atoms with E-state index in [1.165, 1.54) is 12.1 Å². The highest BCUT2D eigenvalue weighted by Crippen LogP contribution is 2.32. The van der Waals surface area contributed by atoms with Crippen molar-refractivity contribution in [1.29, 1.82) is 0 Å². The van der Waals surface area contributed by atoms with Crippen molar-refractivity contribution in [2.75, 3.05) is 5.32 Å². The minimum Gasteiger partial charge on any atom is -0.455 e. The van der Waals surface area contributed by atoms with Crippen molar-refractivity contribution in [3.8, 4) is 11.3 Å². The predicted octanol–water partition coefficient (Wildman–Crippen LogP) is 3.96. The second kappa shape index (κ2) is 8.08. The number of nitrogens with two attached hydrogens (primary N) is 1. The number of amides is 1. The van der Waals surface area contributed by atoms with Crippen molar-refractivity contribution in [3.05, 3.63) is 74.7 Å². The van der Waals surface area contributed by atoms with Crippen LogP contribution in [0.4, 0.5) is 10.1 Å². The maximum Gasteiger partial charge on any atom is 0.269 e. The third-order valence-electron chi connectivity index (χ3n) is 5.11. The van der Waals surface area contributed by atoms with Crippen molar-refractivity contribution in [3.63, 3.8) is 0 Å². The Morgan fingerprint density at radius 3 is 2.75 bits per heavy atom. The molecule has 3 aromatic heterocycles. The van der Waals surface area contributed by atoms with Gasteiger partial charge in [-0.25, -0.2) is 9.37 Å². The highest BCUT2D eigenvalue weighted by Gasteiger charge is 2.21. The Hall–Kier alpha value is -3.72. The number of benzene rings is 1. The van der Waals surface area contributed by atoms with E-state index in [4.69, 9.17) is 21.8 Å². The van der Waals surface area contributed by atoms with E-state index in [9.17, 15) is 14.0 Å². The van der Waals surface area contributed by atoms with Crippen LogP contribution in [-0.4, -0.2) is 20.7 Å². The molecule has 4 rings (SSSR count). The van der Waals surface area contributed by atoms with E-state index >= 15 is 0 Å². The van der Waals surface area contributed by atoms with E-state index in [1.807, 2.05) is 0 Å². The maximum atomic E-state index is 14.5. The Labute approximate surface area is 186 Å². The molecular formula is C22H19ClFN5O3. The molecule has 3 heterocycles. The topological polar surface area (TPSA) is 116 Å². The van der Waals surface area contributed by atoms with E-state index in [0.29, 0.717) is 28.1 Å². The number of pyridine rings is 1. The first-order chi connectivity index (χ1) is 15.2. The first kappa shape index (κ1) is 21.5. The minimum absolute atomic E-state index is 0.0570. The summed E-state index contributed by atoms with van der Waals surface area (Å²) in [5.41, 5.74) is 6.90. The molecule has 0 aliphatic heterocycles. The number of anilines is 1. The minimum atomic E-state index is -0.771. The molecule has 0 radical (unpaired) electrons. The summed E-state index contributed by atoms with van der Waals surface area (Å²) in [5.74, 6) is -1.01. The SMILES string of the molecule is Cc1c(-c2cnn(C)c2)oc2c(C(C)Nc3ccc(Cl)nc3C(N)=O)cc(F)cc2c1=O. The van der Waals surface area contributed by atoms with Gasteiger partial charge in [-0.15, -0.1) is 0 Å². The van der Waals surface area contributed by atoms with E-state index in [-0.39, 0.29) is 27.2 Å². The highest BCUT2D eigenvalue weighted by atomic mass is 35.5. The molecule has 0 fully saturated rings. The van der Waals surface area contributed by atoms with Crippen molar-refractivity contribution in [2.45, 2.75) is 19.9 Å². The fraction of sp³-hybridized carbons (Fsp3) is 0.182. The molecule has 4 aromatic rings. The molecule has 0 saturated heterocycles. The van der Waals surface area contributed by atoms with Gasteiger partial charge in [-0.2, -0.15) is 5.10 Å². The zero-order valence-corrected chi connectivity index (χ0v) is 18.2. The van der Waals surface area contributed by atoms with Gasteiger partial charge in [0, 0.05) is 24.4 Å². The molecule has 0 spiro atoms. The van der Waals surface area contributed by atoms with Gasteiger partial charge in [-0.05, 0) is 38.1 Å². The second-order valence-electron chi connectivity index (χ2n) is 7.42. The number of hydrogen-bond donors (Lipinski definition) is 2. The van der Waals surface area contributed by atoms with Gasteiger partial charge in [0.05, 0.1) is 28.9 Å². The molecule has 10 heteroatoms. The molecule has 3 N–H and O–H groups in total. The van der Waals surface area contributed by atoms with Gasteiger partial charge in [0.25, 0.3) is 5.91 Å². The normalized spacial score (nSPS) is 12.2. The van der Waals surface area contributed by atoms with E-state index < -0.39 is 17.8 Å². The molecule has 1 amide bonds. The number of halogens is 2. The largest absolute Gasteiger partial charge is 0.455 e. The third kappa shape index (κ3) is 3.82. The summed E-state index contributed by atoms with van der Waals surface area (Å²) in [4.78, 5) is 28.8. The van der Waals surface area contributed by atoms with Crippen molar-refractivity contribution in [1.82, 2.24) is 14.8 Å². The van der Waals surface area contributed by atoms with Crippen molar-refractivity contribution >= 4 is 34.2 Å². The number of rotatable bonds is 5. The molecule has 164 valence electrons. The molecule has 1 unspecified atom stereocenters. The number of primary amides is 1. The fourth-order valence-electron chi connectivity index (χ4n) is 3.57. The Balaban J connectivity index is 1.88. The summed E-state index contributed by atoms with van der Waals surface area (Å²) in [6.07, 6.45) is 3.31. The van der Waals surface area contributed by atoms with Gasteiger partial charge in [0.1, 0.15) is 22.3 Å². The first-order valence-electron chi connectivity index (χ1n) is 9.64. The number of aromatic nitrogens is 3. The van der Waals surface area contributed by atoms with Crippen LogP contribution in [0.1, 0.15) is 34.6 Å². The number of hydrogen-bond acceptors (Lipinski definition) is 6. The van der Waals surface area contributed by atoms with Gasteiger partial charge in [0.15, 0.2) is 11.1 Å². The van der Waals surface area contributed by atoms with Gasteiger partial charge >= 0.3 is 0 Å². The van der Waals surface area contributed by atoms with Crippen molar-refractivity contribution in [2.24, 2.45) is 12.8 Å². The number of aryl methyl sites for hydroxylation is 1. The number of fused-ring (bicyclic) bond motifs is 1. The number of carbonyl (C=O) groups is 1. The number of nitrogens with one attached hydrogen (secondary N) is 1. The Morgan fingerprint density at radius 2 is 2.09 bits per heavy atom. The van der Waals surface area contributed by atoms with Crippen LogP contribution in [0.15, 0.2) is 45.9 Å². The van der Waals surface area contributed by atoms with Crippen LogP contribution in [0, 0.1) is 12.7 Å². The molecule has 0 aliphatic rings. The van der Waals surface area contributed by atoms with Crippen LogP contribution in [0.3, 0.4) is 0 Å². The monoisotopic (exact) mass is 455 g/mol. The second-order valence-corrected chi connectivity index (χ2v) is 7.81. The van der Waals surface area contributed by atoms with Crippen LogP contribution in [-0.2, 0) is 7.05 Å². The third-order valence-corrected chi connectivity index (χ3v) is 5.32. The average molecular weight is 456 g/mol. The lowest BCUT2D eigenvalue weighted by Gasteiger charge is -2.19. The lowest BCUT2D eigenvalue weighted by molar-refractivity contribution is 0.0996. The molecule has 0 aliphatic carbocycles. The zero-order valence-electron chi connectivity index (χ0n) is 17.4. The average Bonchev–Trinajstić information content (AvgIpc) is 3.17. The number of nitrogens with zero attached hydrogens (tertiary/aromatic N) is 3. The van der Waals surface area contributed by atoms with Crippen LogP contribution in [0.2, 0.25) is 5.15 Å². The fourth-order valence-corrected chi connectivity index (χ4v) is 3.71. The van der Waals surface area contributed by atoms with Crippen LogP contribution < -0.4 is 16.5 Å². The summed E-state index contributed by atoms with van der Waals surface area (Å²) in [6, 6.07) is 4.89. The summed E-state index contributed by atoms with van der Waals surface area (Å²) in [7, 11) is 1.75. The van der Waals surface area contributed by atoms with Crippen LogP contribution in [0.5, 0.6) is 0 Å². The Kier molecular flexibility index (Phi) is 5.43. The van der Waals surface area contributed by atoms with Gasteiger partial charge < -0.3 is 15.5 Å². The lowest BCUT2D eigenvalue weighted by atomic mass is 10.0. The first-order valence-corrected chi connectivity index (χ1v) is 10.0. The summed E-state index contributed by atoms with van der Waals surface area (Å²) in [5, 5.41) is 7.43. The van der Waals surface area contributed by atoms with E-state index in [0.717, 1.165) is 6.07 Å². The predicted molar refractivity (Wildman–Crippen MR) is 119 cm³/mol. The van der Waals surface area contributed by atoms with E-state index in [2.05, 4.69) is 15.4 Å². The zero-order chi connectivity index (χ0) is 23.2. The van der Waals surface area contributed by atoms with Gasteiger partial charge in [0.2, 0.25) is 0 Å². The lowest BCUT2D eigenvalue weighted by Crippen LogP contribution is -2.18. The van der Waals surface area contributed by atoms with Crippen LogP contribution in [0.25, 0.3) is 22.3 Å². The molecular weight excluding hydrogens is 437 g/mol. The smallest absolute Gasteiger partial charge is 0.269 e. The highest BCUT2D eigenvalue weighted by molar-refractivity contribution is 6.29. The molecule has 0 bridgehead atoms. The molecule has 0 saturated carbocycles. The molecule has 1 atom stereocenters. The maximum absolute atomic E-state index is 14.5. The summed E-state index contributed by atoms with van der Waals surface area (Å²) in [6.45, 7) is 3.36. The molecule has 32 heavy (non-hydrogen) atoms. The standard InChI is InChI=1S/C22H19ClFN5O3/c1-10-19(30)15-7-13(24)6-14(21(15)32-20(10)12-8-26-29(3)9-12)11(2)27-16-4-5-17(23)28-18(16)22(25)31/h4-9,11,27H,1-3H3,(H2,25,31). The molecule has 8 nitrogen and oxygen atoms in total. The van der Waals surface area contributed by atoms with Gasteiger partial charge in [-0.3, -0.25) is 14.3 Å². The quantitative estimate of drug-likeness (QED) is 0.440.